The molecule has 0 saturated heterocycles. The topological polar surface area (TPSA) is 72.3 Å². The molecule has 242 valence electrons. The average molecular weight is 665 g/mol. The number of nitrogens with zero attached hydrogens (tertiary/aromatic N) is 6. The second-order valence-electron chi connectivity index (χ2n) is 12.7. The number of rotatable bonds is 5. The van der Waals surface area contributed by atoms with E-state index in [9.17, 15) is 5.26 Å². The van der Waals surface area contributed by atoms with Gasteiger partial charge in [-0.3, -0.25) is 0 Å². The lowest BCUT2D eigenvalue weighted by Gasteiger charge is -2.19. The molecule has 3 heterocycles. The van der Waals surface area contributed by atoms with Gasteiger partial charge in [0.25, 0.3) is 0 Å². The van der Waals surface area contributed by atoms with Crippen LogP contribution < -0.4 is 0 Å². The Balaban J connectivity index is 1.36. The van der Waals surface area contributed by atoms with E-state index in [1.807, 2.05) is 91.0 Å². The molecule has 0 spiro atoms. The molecule has 0 aliphatic heterocycles. The summed E-state index contributed by atoms with van der Waals surface area (Å²) < 4.78 is 4.42. The molecule has 6 nitrogen and oxygen atoms in total. The summed E-state index contributed by atoms with van der Waals surface area (Å²) in [6, 6.07) is 60.2. The van der Waals surface area contributed by atoms with Gasteiger partial charge in [-0.15, -0.1) is 0 Å². The highest BCUT2D eigenvalue weighted by Gasteiger charge is 2.25. The molecule has 0 bridgehead atoms. The zero-order valence-corrected chi connectivity index (χ0v) is 27.8. The highest BCUT2D eigenvalue weighted by atomic mass is 15.1. The van der Waals surface area contributed by atoms with E-state index in [-0.39, 0.29) is 0 Å². The van der Waals surface area contributed by atoms with Crippen LogP contribution in [0.2, 0.25) is 0 Å². The number of aromatic nitrogens is 5. The van der Waals surface area contributed by atoms with Gasteiger partial charge < -0.3 is 9.13 Å². The summed E-state index contributed by atoms with van der Waals surface area (Å²) in [6.07, 6.45) is 0. The van der Waals surface area contributed by atoms with Crippen molar-refractivity contribution < 1.29 is 0 Å². The summed E-state index contributed by atoms with van der Waals surface area (Å²) in [6.45, 7) is 0. The summed E-state index contributed by atoms with van der Waals surface area (Å²) in [5.74, 6) is 1.60. The summed E-state index contributed by atoms with van der Waals surface area (Å²) >= 11 is 0. The first-order valence-electron chi connectivity index (χ1n) is 17.2. The minimum absolute atomic E-state index is 0.481. The molecule has 0 unspecified atom stereocenters. The van der Waals surface area contributed by atoms with Crippen LogP contribution in [0.5, 0.6) is 0 Å². The zero-order valence-electron chi connectivity index (χ0n) is 27.8. The Morgan fingerprint density at radius 1 is 0.385 bits per heavy atom. The molecule has 3 aromatic heterocycles. The maximum Gasteiger partial charge on any atom is 0.166 e. The van der Waals surface area contributed by atoms with Gasteiger partial charge in [0.1, 0.15) is 11.6 Å². The molecule has 0 fully saturated rings. The quantitative estimate of drug-likeness (QED) is 0.184. The van der Waals surface area contributed by atoms with Gasteiger partial charge in [0.15, 0.2) is 17.5 Å². The van der Waals surface area contributed by atoms with Crippen molar-refractivity contribution in [2.75, 3.05) is 0 Å². The van der Waals surface area contributed by atoms with Crippen LogP contribution in [-0.4, -0.2) is 24.1 Å². The number of nitriles is 1. The fourth-order valence-electron chi connectivity index (χ4n) is 7.56. The van der Waals surface area contributed by atoms with Crippen LogP contribution in [0.4, 0.5) is 0 Å². The summed E-state index contributed by atoms with van der Waals surface area (Å²) in [5.41, 5.74) is 8.52. The summed E-state index contributed by atoms with van der Waals surface area (Å²) in [5, 5.41) is 15.8. The van der Waals surface area contributed by atoms with E-state index < -0.39 is 0 Å². The molecule has 7 aromatic carbocycles. The first-order valence-corrected chi connectivity index (χ1v) is 17.2. The third-order valence-corrected chi connectivity index (χ3v) is 9.83. The number of hydrogen-bond donors (Lipinski definition) is 0. The normalized spacial score (nSPS) is 11.4. The Morgan fingerprint density at radius 3 is 1.21 bits per heavy atom. The number of hydrogen-bond acceptors (Lipinski definition) is 4. The first-order chi connectivity index (χ1) is 25.8. The van der Waals surface area contributed by atoms with Crippen molar-refractivity contribution in [2.45, 2.75) is 0 Å². The lowest BCUT2D eigenvalue weighted by Crippen LogP contribution is -2.08. The van der Waals surface area contributed by atoms with Crippen LogP contribution in [0, 0.1) is 11.3 Å². The van der Waals surface area contributed by atoms with E-state index in [0.29, 0.717) is 28.7 Å². The standard InChI is InChI=1S/C46H28N6/c47-29-37-42(51-38-23-11-7-19-32(38)33-20-8-12-24-39(33)51)28-27-36(43(37)52-40-25-13-9-21-34(40)35-22-10-14-26-41(35)52)46-49-44(30-15-3-1-4-16-30)48-45(50-46)31-17-5-2-6-18-31/h1-28H. The fraction of sp³-hybridized carbons (Fsp3) is 0. The Kier molecular flexibility index (Phi) is 6.76. The van der Waals surface area contributed by atoms with Crippen LogP contribution in [0.25, 0.3) is 89.2 Å². The molecule has 0 saturated carbocycles. The van der Waals surface area contributed by atoms with E-state index in [1.165, 1.54) is 0 Å². The molecule has 0 amide bonds. The molecule has 0 N–H and O–H groups in total. The van der Waals surface area contributed by atoms with Crippen LogP contribution in [-0.2, 0) is 0 Å². The number of para-hydroxylation sites is 4. The van der Waals surface area contributed by atoms with Crippen LogP contribution in [0.15, 0.2) is 170 Å². The zero-order chi connectivity index (χ0) is 34.6. The fourth-order valence-corrected chi connectivity index (χ4v) is 7.56. The van der Waals surface area contributed by atoms with Gasteiger partial charge in [-0.05, 0) is 36.4 Å². The van der Waals surface area contributed by atoms with Gasteiger partial charge in [-0.1, -0.05) is 133 Å². The van der Waals surface area contributed by atoms with Crippen molar-refractivity contribution in [3.63, 3.8) is 0 Å². The second kappa shape index (κ2) is 11.9. The van der Waals surface area contributed by atoms with Gasteiger partial charge in [-0.2, -0.15) is 5.26 Å². The number of benzene rings is 7. The van der Waals surface area contributed by atoms with E-state index in [2.05, 4.69) is 94.1 Å². The van der Waals surface area contributed by atoms with Crippen molar-refractivity contribution in [3.05, 3.63) is 175 Å². The lowest BCUT2D eigenvalue weighted by molar-refractivity contribution is 1.06. The Morgan fingerprint density at radius 2 is 0.769 bits per heavy atom. The van der Waals surface area contributed by atoms with E-state index >= 15 is 0 Å². The minimum atomic E-state index is 0.481. The van der Waals surface area contributed by atoms with Crippen LogP contribution in [0.1, 0.15) is 5.56 Å². The number of fused-ring (bicyclic) bond motifs is 6. The molecule has 0 radical (unpaired) electrons. The first kappa shape index (κ1) is 29.5. The van der Waals surface area contributed by atoms with Gasteiger partial charge in [0, 0.05) is 38.2 Å². The maximum absolute atomic E-state index is 11.4. The monoisotopic (exact) mass is 664 g/mol. The molecule has 0 aliphatic carbocycles. The van der Waals surface area contributed by atoms with Crippen molar-refractivity contribution in [3.8, 4) is 51.6 Å². The Bertz CT molecular complexity index is 2860. The average Bonchev–Trinajstić information content (AvgIpc) is 3.73. The third kappa shape index (κ3) is 4.54. The molecule has 0 atom stereocenters. The molecule has 52 heavy (non-hydrogen) atoms. The van der Waals surface area contributed by atoms with Crippen molar-refractivity contribution in [1.29, 1.82) is 5.26 Å². The summed E-state index contributed by atoms with van der Waals surface area (Å²) in [4.78, 5) is 15.3. The lowest BCUT2D eigenvalue weighted by atomic mass is 10.0. The van der Waals surface area contributed by atoms with Gasteiger partial charge >= 0.3 is 0 Å². The molecule has 10 rings (SSSR count). The molecular formula is C46H28N6. The smallest absolute Gasteiger partial charge is 0.166 e. The van der Waals surface area contributed by atoms with Gasteiger partial charge in [0.05, 0.1) is 33.4 Å². The minimum Gasteiger partial charge on any atom is -0.308 e. The highest BCUT2D eigenvalue weighted by molar-refractivity contribution is 6.11. The predicted octanol–water partition coefficient (Wildman–Crippen LogP) is 10.9. The molecular weight excluding hydrogens is 637 g/mol. The third-order valence-electron chi connectivity index (χ3n) is 9.83. The van der Waals surface area contributed by atoms with Gasteiger partial charge in [-0.25, -0.2) is 15.0 Å². The van der Waals surface area contributed by atoms with Crippen molar-refractivity contribution >= 4 is 43.6 Å². The van der Waals surface area contributed by atoms with Crippen LogP contribution >= 0.6 is 0 Å². The van der Waals surface area contributed by atoms with Gasteiger partial charge in [0.2, 0.25) is 0 Å². The van der Waals surface area contributed by atoms with Crippen molar-refractivity contribution in [2.24, 2.45) is 0 Å². The van der Waals surface area contributed by atoms with Crippen molar-refractivity contribution in [1.82, 2.24) is 24.1 Å². The predicted molar refractivity (Wildman–Crippen MR) is 210 cm³/mol. The van der Waals surface area contributed by atoms with E-state index in [0.717, 1.165) is 66.0 Å². The maximum atomic E-state index is 11.4. The molecule has 10 aromatic rings. The Labute approximate surface area is 299 Å². The van der Waals surface area contributed by atoms with E-state index in [4.69, 9.17) is 15.0 Å². The van der Waals surface area contributed by atoms with Crippen LogP contribution in [0.3, 0.4) is 0 Å². The highest BCUT2D eigenvalue weighted by Crippen LogP contribution is 2.41. The molecule has 0 aliphatic rings. The Hall–Kier alpha value is -7.36. The van der Waals surface area contributed by atoms with E-state index in [1.54, 1.807) is 0 Å². The SMILES string of the molecule is N#Cc1c(-n2c3ccccc3c3ccccc32)ccc(-c2nc(-c3ccccc3)nc(-c3ccccc3)n2)c1-n1c2ccccc2c2ccccc21. The summed E-state index contributed by atoms with van der Waals surface area (Å²) in [7, 11) is 0. The second-order valence-corrected chi connectivity index (χ2v) is 12.7. The largest absolute Gasteiger partial charge is 0.308 e. The molecule has 6 heteroatoms.